The molecule has 2 amide bonds. The lowest BCUT2D eigenvalue weighted by atomic mass is 9.95. The highest BCUT2D eigenvalue weighted by atomic mass is 127. The molecule has 0 radical (unpaired) electrons. The van der Waals surface area contributed by atoms with E-state index in [2.05, 4.69) is 27.9 Å². The van der Waals surface area contributed by atoms with Crippen LogP contribution >= 0.6 is 22.6 Å². The van der Waals surface area contributed by atoms with Crippen molar-refractivity contribution in [1.29, 1.82) is 0 Å². The number of nitro groups is 1. The van der Waals surface area contributed by atoms with Gasteiger partial charge < -0.3 is 10.2 Å². The summed E-state index contributed by atoms with van der Waals surface area (Å²) in [5, 5.41) is 13.6. The molecule has 7 nitrogen and oxygen atoms in total. The van der Waals surface area contributed by atoms with Crippen LogP contribution in [0.25, 0.3) is 0 Å². The highest BCUT2D eigenvalue weighted by Crippen LogP contribution is 2.22. The molecule has 1 fully saturated rings. The summed E-state index contributed by atoms with van der Waals surface area (Å²) >= 11 is 2.21. The minimum Gasteiger partial charge on any atom is -0.339 e. The van der Waals surface area contributed by atoms with Gasteiger partial charge in [0, 0.05) is 46.0 Å². The van der Waals surface area contributed by atoms with Gasteiger partial charge in [-0.3, -0.25) is 19.7 Å². The molecule has 140 valence electrons. The number of likely N-dealkylation sites (tertiary alicyclic amines) is 1. The number of anilines is 1. The molecule has 0 atom stereocenters. The second-order valence-corrected chi connectivity index (χ2v) is 7.61. The highest BCUT2D eigenvalue weighted by Gasteiger charge is 2.28. The van der Waals surface area contributed by atoms with E-state index in [9.17, 15) is 19.7 Å². The maximum absolute atomic E-state index is 12.5. The van der Waals surface area contributed by atoms with E-state index in [4.69, 9.17) is 0 Å². The topological polar surface area (TPSA) is 92.6 Å². The van der Waals surface area contributed by atoms with Gasteiger partial charge >= 0.3 is 0 Å². The largest absolute Gasteiger partial charge is 0.339 e. The van der Waals surface area contributed by atoms with Crippen molar-refractivity contribution in [2.75, 3.05) is 18.4 Å². The number of amides is 2. The number of carbonyl (C=O) groups excluding carboxylic acids is 2. The number of non-ortho nitro benzene ring substituents is 1. The predicted molar refractivity (Wildman–Crippen MR) is 110 cm³/mol. The van der Waals surface area contributed by atoms with Crippen molar-refractivity contribution in [3.05, 3.63) is 67.8 Å². The first-order valence-corrected chi connectivity index (χ1v) is 9.62. The van der Waals surface area contributed by atoms with Crippen molar-refractivity contribution in [1.82, 2.24) is 4.90 Å². The van der Waals surface area contributed by atoms with E-state index in [1.807, 2.05) is 24.3 Å². The van der Waals surface area contributed by atoms with Crippen LogP contribution in [0.4, 0.5) is 11.4 Å². The molecule has 1 saturated heterocycles. The quantitative estimate of drug-likeness (QED) is 0.412. The summed E-state index contributed by atoms with van der Waals surface area (Å²) in [5.74, 6) is -0.328. The van der Waals surface area contributed by atoms with Crippen LogP contribution in [0.2, 0.25) is 0 Å². The number of hydrogen-bond acceptors (Lipinski definition) is 4. The van der Waals surface area contributed by atoms with Gasteiger partial charge in [-0.2, -0.15) is 0 Å². The summed E-state index contributed by atoms with van der Waals surface area (Å²) in [7, 11) is 0. The molecule has 0 aromatic heterocycles. The van der Waals surface area contributed by atoms with Crippen molar-refractivity contribution < 1.29 is 14.5 Å². The Morgan fingerprint density at radius 1 is 1.04 bits per heavy atom. The normalized spacial score (nSPS) is 14.6. The number of rotatable bonds is 4. The molecule has 1 aliphatic heterocycles. The Labute approximate surface area is 170 Å². The first kappa shape index (κ1) is 19.3. The standard InChI is InChI=1S/C19H18IN3O4/c20-15-3-5-16(6-4-15)21-18(24)13-9-11-22(12-10-13)19(25)14-1-7-17(8-2-14)23(26)27/h1-8,13H,9-12H2,(H,21,24). The Hall–Kier alpha value is -2.49. The zero-order valence-electron chi connectivity index (χ0n) is 14.4. The fourth-order valence-corrected chi connectivity index (χ4v) is 3.39. The molecule has 0 saturated carbocycles. The second-order valence-electron chi connectivity index (χ2n) is 6.37. The second kappa shape index (κ2) is 8.47. The smallest absolute Gasteiger partial charge is 0.269 e. The summed E-state index contributed by atoms with van der Waals surface area (Å²) in [4.78, 5) is 36.9. The average Bonchev–Trinajstić information content (AvgIpc) is 2.69. The number of hydrogen-bond donors (Lipinski definition) is 1. The molecule has 0 bridgehead atoms. The van der Waals surface area contributed by atoms with E-state index in [0.717, 1.165) is 9.26 Å². The first-order valence-electron chi connectivity index (χ1n) is 8.54. The fraction of sp³-hybridized carbons (Fsp3) is 0.263. The van der Waals surface area contributed by atoms with Gasteiger partial charge in [-0.25, -0.2) is 0 Å². The number of benzene rings is 2. The van der Waals surface area contributed by atoms with Crippen LogP contribution in [0.5, 0.6) is 0 Å². The van der Waals surface area contributed by atoms with E-state index in [-0.39, 0.29) is 23.4 Å². The Bertz CT molecular complexity index is 844. The minimum atomic E-state index is -0.494. The Kier molecular flexibility index (Phi) is 6.04. The molecule has 2 aromatic rings. The molecule has 1 heterocycles. The Morgan fingerprint density at radius 3 is 2.19 bits per heavy atom. The molecule has 0 aliphatic carbocycles. The van der Waals surface area contributed by atoms with E-state index >= 15 is 0 Å². The third kappa shape index (κ3) is 4.82. The molecule has 27 heavy (non-hydrogen) atoms. The fourth-order valence-electron chi connectivity index (χ4n) is 3.03. The molecule has 1 N–H and O–H groups in total. The Morgan fingerprint density at radius 2 is 1.63 bits per heavy atom. The van der Waals surface area contributed by atoms with Crippen molar-refractivity contribution in [2.45, 2.75) is 12.8 Å². The van der Waals surface area contributed by atoms with E-state index < -0.39 is 4.92 Å². The molecule has 3 rings (SSSR count). The molecule has 8 heteroatoms. The SMILES string of the molecule is O=C(Nc1ccc(I)cc1)C1CCN(C(=O)c2ccc([N+](=O)[O-])cc2)CC1. The van der Waals surface area contributed by atoms with Crippen molar-refractivity contribution in [3.63, 3.8) is 0 Å². The summed E-state index contributed by atoms with van der Waals surface area (Å²) in [5.41, 5.74) is 1.14. The van der Waals surface area contributed by atoms with Crippen LogP contribution in [0, 0.1) is 19.6 Å². The monoisotopic (exact) mass is 479 g/mol. The minimum absolute atomic E-state index is 0.0290. The van der Waals surface area contributed by atoms with Crippen molar-refractivity contribution >= 4 is 45.8 Å². The Balaban J connectivity index is 1.54. The maximum atomic E-state index is 12.5. The van der Waals surface area contributed by atoms with E-state index in [0.29, 0.717) is 31.5 Å². The zero-order chi connectivity index (χ0) is 19.4. The van der Waals surface area contributed by atoms with Gasteiger partial charge in [0.05, 0.1) is 4.92 Å². The van der Waals surface area contributed by atoms with Crippen molar-refractivity contribution in [3.8, 4) is 0 Å². The van der Waals surface area contributed by atoms with Crippen LogP contribution in [-0.4, -0.2) is 34.7 Å². The number of halogens is 1. The van der Waals surface area contributed by atoms with Gasteiger partial charge in [0.1, 0.15) is 0 Å². The van der Waals surface area contributed by atoms with Crippen molar-refractivity contribution in [2.24, 2.45) is 5.92 Å². The summed E-state index contributed by atoms with van der Waals surface area (Å²) in [6.45, 7) is 0.973. The third-order valence-corrected chi connectivity index (χ3v) is 5.31. The van der Waals surface area contributed by atoms with Crippen LogP contribution in [-0.2, 0) is 4.79 Å². The number of nitrogens with one attached hydrogen (secondary N) is 1. The number of nitro benzene ring substituents is 1. The van der Waals surface area contributed by atoms with Gasteiger partial charge in [-0.15, -0.1) is 0 Å². The maximum Gasteiger partial charge on any atom is 0.269 e. The predicted octanol–water partition coefficient (Wildman–Crippen LogP) is 3.69. The van der Waals surface area contributed by atoms with Crippen LogP contribution in [0.15, 0.2) is 48.5 Å². The van der Waals surface area contributed by atoms with Gasteiger partial charge in [0.2, 0.25) is 5.91 Å². The van der Waals surface area contributed by atoms with Crippen LogP contribution < -0.4 is 5.32 Å². The lowest BCUT2D eigenvalue weighted by Gasteiger charge is -2.31. The van der Waals surface area contributed by atoms with Crippen LogP contribution in [0.3, 0.4) is 0 Å². The van der Waals surface area contributed by atoms with Crippen LogP contribution in [0.1, 0.15) is 23.2 Å². The van der Waals surface area contributed by atoms with Gasteiger partial charge in [0.25, 0.3) is 11.6 Å². The highest BCUT2D eigenvalue weighted by molar-refractivity contribution is 14.1. The molecule has 2 aromatic carbocycles. The number of piperidine rings is 1. The molecule has 0 unspecified atom stereocenters. The third-order valence-electron chi connectivity index (χ3n) is 4.59. The molecule has 1 aliphatic rings. The van der Waals surface area contributed by atoms with E-state index in [1.165, 1.54) is 24.3 Å². The summed E-state index contributed by atoms with van der Waals surface area (Å²) < 4.78 is 1.10. The van der Waals surface area contributed by atoms with Gasteiger partial charge in [-0.1, -0.05) is 0 Å². The van der Waals surface area contributed by atoms with Gasteiger partial charge in [-0.05, 0) is 71.8 Å². The number of nitrogens with zero attached hydrogens (tertiary/aromatic N) is 2. The molecular weight excluding hydrogens is 461 g/mol. The lowest BCUT2D eigenvalue weighted by molar-refractivity contribution is -0.384. The molecule has 0 spiro atoms. The zero-order valence-corrected chi connectivity index (χ0v) is 16.6. The first-order chi connectivity index (χ1) is 12.9. The summed E-state index contributed by atoms with van der Waals surface area (Å²) in [6, 6.07) is 13.2. The average molecular weight is 479 g/mol. The number of carbonyl (C=O) groups is 2. The molecular formula is C19H18IN3O4. The summed E-state index contributed by atoms with van der Waals surface area (Å²) in [6.07, 6.45) is 1.18. The lowest BCUT2D eigenvalue weighted by Crippen LogP contribution is -2.41. The van der Waals surface area contributed by atoms with E-state index in [1.54, 1.807) is 4.90 Å². The van der Waals surface area contributed by atoms with Gasteiger partial charge in [0.15, 0.2) is 0 Å².